The first kappa shape index (κ1) is 11.1. The summed E-state index contributed by atoms with van der Waals surface area (Å²) in [6.07, 6.45) is 2.05. The van der Waals surface area contributed by atoms with Crippen molar-refractivity contribution in [3.63, 3.8) is 0 Å². The van der Waals surface area contributed by atoms with Crippen LogP contribution in [-0.4, -0.2) is 6.61 Å². The van der Waals surface area contributed by atoms with E-state index in [-0.39, 0.29) is 0 Å². The SMILES string of the molecule is CCCOCc1ccc(CC)c(N)c1. The monoisotopic (exact) mass is 193 g/mol. The highest BCUT2D eigenvalue weighted by Crippen LogP contribution is 2.15. The summed E-state index contributed by atoms with van der Waals surface area (Å²) in [5.74, 6) is 0. The Labute approximate surface area is 86.1 Å². The van der Waals surface area contributed by atoms with Crippen molar-refractivity contribution in [2.75, 3.05) is 12.3 Å². The van der Waals surface area contributed by atoms with Crippen LogP contribution >= 0.6 is 0 Å². The van der Waals surface area contributed by atoms with Crippen molar-refractivity contribution in [2.45, 2.75) is 33.3 Å². The third-order valence-electron chi connectivity index (χ3n) is 2.21. The third-order valence-corrected chi connectivity index (χ3v) is 2.21. The second kappa shape index (κ2) is 5.66. The van der Waals surface area contributed by atoms with Crippen LogP contribution in [-0.2, 0) is 17.8 Å². The van der Waals surface area contributed by atoms with Crippen molar-refractivity contribution in [3.8, 4) is 0 Å². The number of hydrogen-bond acceptors (Lipinski definition) is 2. The number of benzene rings is 1. The summed E-state index contributed by atoms with van der Waals surface area (Å²) >= 11 is 0. The molecule has 0 spiro atoms. The first-order chi connectivity index (χ1) is 6.77. The van der Waals surface area contributed by atoms with Gasteiger partial charge in [0.2, 0.25) is 0 Å². The molecule has 0 aromatic heterocycles. The Morgan fingerprint density at radius 2 is 2.07 bits per heavy atom. The van der Waals surface area contributed by atoms with Gasteiger partial charge in [-0.2, -0.15) is 0 Å². The van der Waals surface area contributed by atoms with Crippen LogP contribution in [0.2, 0.25) is 0 Å². The second-order valence-corrected chi connectivity index (χ2v) is 3.44. The van der Waals surface area contributed by atoms with Crippen LogP contribution in [0.1, 0.15) is 31.4 Å². The Morgan fingerprint density at radius 1 is 1.29 bits per heavy atom. The van der Waals surface area contributed by atoms with E-state index in [1.807, 2.05) is 6.07 Å². The number of hydrogen-bond donors (Lipinski definition) is 1. The summed E-state index contributed by atoms with van der Waals surface area (Å²) < 4.78 is 5.44. The van der Waals surface area contributed by atoms with E-state index in [2.05, 4.69) is 26.0 Å². The summed E-state index contributed by atoms with van der Waals surface area (Å²) in [5, 5.41) is 0. The molecule has 0 unspecified atom stereocenters. The average Bonchev–Trinajstić information content (AvgIpc) is 2.18. The zero-order chi connectivity index (χ0) is 10.4. The quantitative estimate of drug-likeness (QED) is 0.576. The molecule has 0 saturated carbocycles. The lowest BCUT2D eigenvalue weighted by molar-refractivity contribution is 0.121. The zero-order valence-corrected chi connectivity index (χ0v) is 9.05. The largest absolute Gasteiger partial charge is 0.398 e. The molecule has 0 aliphatic heterocycles. The fourth-order valence-corrected chi connectivity index (χ4v) is 1.39. The van der Waals surface area contributed by atoms with Gasteiger partial charge in [0.15, 0.2) is 0 Å². The Bertz CT molecular complexity index is 284. The molecule has 2 N–H and O–H groups in total. The average molecular weight is 193 g/mol. The van der Waals surface area contributed by atoms with E-state index in [1.165, 1.54) is 5.56 Å². The van der Waals surface area contributed by atoms with Crippen LogP contribution in [0.3, 0.4) is 0 Å². The summed E-state index contributed by atoms with van der Waals surface area (Å²) in [7, 11) is 0. The first-order valence-electron chi connectivity index (χ1n) is 5.23. The molecule has 1 rings (SSSR count). The van der Waals surface area contributed by atoms with Crippen molar-refractivity contribution in [1.82, 2.24) is 0 Å². The fourth-order valence-electron chi connectivity index (χ4n) is 1.39. The standard InChI is InChI=1S/C12H19NO/c1-3-7-14-9-10-5-6-11(4-2)12(13)8-10/h5-6,8H,3-4,7,9,13H2,1-2H3. The van der Waals surface area contributed by atoms with Gasteiger partial charge < -0.3 is 10.5 Å². The minimum atomic E-state index is 0.669. The van der Waals surface area contributed by atoms with Crippen molar-refractivity contribution in [1.29, 1.82) is 0 Å². The number of rotatable bonds is 5. The Morgan fingerprint density at radius 3 is 2.64 bits per heavy atom. The van der Waals surface area contributed by atoms with Crippen molar-refractivity contribution >= 4 is 5.69 Å². The zero-order valence-electron chi connectivity index (χ0n) is 9.05. The smallest absolute Gasteiger partial charge is 0.0717 e. The van der Waals surface area contributed by atoms with E-state index in [9.17, 15) is 0 Å². The highest BCUT2D eigenvalue weighted by Gasteiger charge is 1.98. The van der Waals surface area contributed by atoms with Gasteiger partial charge in [-0.3, -0.25) is 0 Å². The number of nitrogen functional groups attached to an aromatic ring is 1. The maximum absolute atomic E-state index is 5.88. The molecule has 0 bridgehead atoms. The summed E-state index contributed by atoms with van der Waals surface area (Å²) in [5.41, 5.74) is 9.13. The second-order valence-electron chi connectivity index (χ2n) is 3.44. The lowest BCUT2D eigenvalue weighted by atomic mass is 10.1. The van der Waals surface area contributed by atoms with Gasteiger partial charge in [-0.15, -0.1) is 0 Å². The Balaban J connectivity index is 2.57. The fraction of sp³-hybridized carbons (Fsp3) is 0.500. The van der Waals surface area contributed by atoms with Crippen LogP contribution in [0.4, 0.5) is 5.69 Å². The summed E-state index contributed by atoms with van der Waals surface area (Å²) in [4.78, 5) is 0. The van der Waals surface area contributed by atoms with E-state index in [4.69, 9.17) is 10.5 Å². The Kier molecular flexibility index (Phi) is 4.47. The van der Waals surface area contributed by atoms with Crippen LogP contribution < -0.4 is 5.73 Å². The van der Waals surface area contributed by atoms with Crippen molar-refractivity contribution < 1.29 is 4.74 Å². The van der Waals surface area contributed by atoms with Gasteiger partial charge in [0.05, 0.1) is 6.61 Å². The molecule has 0 atom stereocenters. The first-order valence-corrected chi connectivity index (χ1v) is 5.23. The van der Waals surface area contributed by atoms with Gasteiger partial charge in [-0.1, -0.05) is 26.0 Å². The van der Waals surface area contributed by atoms with E-state index >= 15 is 0 Å². The number of nitrogens with two attached hydrogens (primary N) is 1. The number of aryl methyl sites for hydroxylation is 1. The molecule has 1 aromatic rings. The van der Waals surface area contributed by atoms with Crippen molar-refractivity contribution in [2.24, 2.45) is 0 Å². The van der Waals surface area contributed by atoms with Gasteiger partial charge in [0, 0.05) is 12.3 Å². The molecule has 0 aliphatic rings. The molecular formula is C12H19NO. The maximum Gasteiger partial charge on any atom is 0.0717 e. The van der Waals surface area contributed by atoms with Gasteiger partial charge in [0.25, 0.3) is 0 Å². The van der Waals surface area contributed by atoms with E-state index in [0.29, 0.717) is 6.61 Å². The van der Waals surface area contributed by atoms with Crippen LogP contribution in [0, 0.1) is 0 Å². The molecule has 0 fully saturated rings. The van der Waals surface area contributed by atoms with Gasteiger partial charge in [0.1, 0.15) is 0 Å². The van der Waals surface area contributed by atoms with Crippen LogP contribution in [0.15, 0.2) is 18.2 Å². The summed E-state index contributed by atoms with van der Waals surface area (Å²) in [6.45, 7) is 5.70. The molecule has 0 heterocycles. The highest BCUT2D eigenvalue weighted by atomic mass is 16.5. The van der Waals surface area contributed by atoms with Gasteiger partial charge >= 0.3 is 0 Å². The van der Waals surface area contributed by atoms with Crippen molar-refractivity contribution in [3.05, 3.63) is 29.3 Å². The molecule has 0 saturated heterocycles. The molecule has 2 nitrogen and oxygen atoms in total. The number of ether oxygens (including phenoxy) is 1. The highest BCUT2D eigenvalue weighted by molar-refractivity contribution is 5.49. The normalized spacial score (nSPS) is 10.4. The minimum absolute atomic E-state index is 0.669. The topological polar surface area (TPSA) is 35.2 Å². The predicted octanol–water partition coefficient (Wildman–Crippen LogP) is 2.76. The van der Waals surface area contributed by atoms with E-state index in [1.54, 1.807) is 0 Å². The van der Waals surface area contributed by atoms with E-state index < -0.39 is 0 Å². The predicted molar refractivity (Wildman–Crippen MR) is 60.2 cm³/mol. The molecule has 0 aliphatic carbocycles. The van der Waals surface area contributed by atoms with Crippen LogP contribution in [0.5, 0.6) is 0 Å². The molecule has 0 amide bonds. The summed E-state index contributed by atoms with van der Waals surface area (Å²) in [6, 6.07) is 6.18. The lowest BCUT2D eigenvalue weighted by Gasteiger charge is -2.07. The third kappa shape index (κ3) is 3.04. The lowest BCUT2D eigenvalue weighted by Crippen LogP contribution is -1.98. The Hall–Kier alpha value is -1.02. The molecular weight excluding hydrogens is 174 g/mol. The molecule has 78 valence electrons. The van der Waals surface area contributed by atoms with E-state index in [0.717, 1.165) is 30.7 Å². The molecule has 0 radical (unpaired) electrons. The van der Waals surface area contributed by atoms with Gasteiger partial charge in [-0.05, 0) is 30.0 Å². The molecule has 14 heavy (non-hydrogen) atoms. The minimum Gasteiger partial charge on any atom is -0.398 e. The number of anilines is 1. The van der Waals surface area contributed by atoms with Gasteiger partial charge in [-0.25, -0.2) is 0 Å². The molecule has 2 heteroatoms. The molecule has 1 aromatic carbocycles. The van der Waals surface area contributed by atoms with Crippen LogP contribution in [0.25, 0.3) is 0 Å². The maximum atomic E-state index is 5.88.